The fraction of sp³-hybridized carbons (Fsp3) is 0.370. The second-order valence-corrected chi connectivity index (χ2v) is 10.2. The molecule has 34 heavy (non-hydrogen) atoms. The van der Waals surface area contributed by atoms with Crippen LogP contribution in [0.25, 0.3) is 0 Å². The molecule has 1 atom stereocenters. The highest BCUT2D eigenvalue weighted by Gasteiger charge is 2.37. The minimum Gasteiger partial charge on any atom is -0.363 e. The number of nitrogens with one attached hydrogen (secondary N) is 3. The summed E-state index contributed by atoms with van der Waals surface area (Å²) in [6.45, 7) is 8.42. The third kappa shape index (κ3) is 5.30. The maximum Gasteiger partial charge on any atom is 0.257 e. The Labute approximate surface area is 200 Å². The highest BCUT2D eigenvalue weighted by Crippen LogP contribution is 2.39. The van der Waals surface area contributed by atoms with Crippen molar-refractivity contribution in [3.8, 4) is 0 Å². The molecule has 0 saturated heterocycles. The summed E-state index contributed by atoms with van der Waals surface area (Å²) in [6.07, 6.45) is 2.62. The number of carbonyl (C=O) groups excluding carboxylic acids is 2. The van der Waals surface area contributed by atoms with E-state index in [-0.39, 0.29) is 29.8 Å². The first kappa shape index (κ1) is 23.5. The number of nitrogens with zero attached hydrogens (tertiary/aromatic N) is 2. The van der Waals surface area contributed by atoms with E-state index in [0.29, 0.717) is 17.9 Å². The van der Waals surface area contributed by atoms with E-state index < -0.39 is 5.54 Å². The molecule has 7 heteroatoms. The normalized spacial score (nSPS) is 16.8. The Hall–Kier alpha value is -3.61. The molecule has 0 fully saturated rings. The first-order chi connectivity index (χ1) is 16.1. The number of fused-ring (bicyclic) bond motifs is 1. The smallest absolute Gasteiger partial charge is 0.257 e. The van der Waals surface area contributed by atoms with Crippen LogP contribution in [0.4, 0.5) is 5.82 Å². The van der Waals surface area contributed by atoms with Crippen molar-refractivity contribution >= 4 is 17.6 Å². The molecule has 7 nitrogen and oxygen atoms in total. The third-order valence-corrected chi connectivity index (χ3v) is 6.19. The van der Waals surface area contributed by atoms with E-state index in [9.17, 15) is 9.59 Å². The standard InChI is InChI=1S/C27H33N5O2/c1-26(2,16-23(33)28-17-19-11-7-5-8-12-19)31-25(34)21-18-29-32-24(21)30-22(15-27(32,3)4)20-13-9-6-10-14-20/h5-14,18,22,30H,15-17H2,1-4H3,(H,28,33)(H,31,34). The Morgan fingerprint density at radius 2 is 1.74 bits per heavy atom. The fourth-order valence-corrected chi connectivity index (χ4v) is 4.48. The van der Waals surface area contributed by atoms with Crippen LogP contribution < -0.4 is 16.0 Å². The van der Waals surface area contributed by atoms with Crippen molar-refractivity contribution in [2.45, 2.75) is 64.2 Å². The van der Waals surface area contributed by atoms with Crippen LogP contribution in [0.1, 0.15) is 68.1 Å². The lowest BCUT2D eigenvalue weighted by Gasteiger charge is -2.38. The fourth-order valence-electron chi connectivity index (χ4n) is 4.48. The van der Waals surface area contributed by atoms with Gasteiger partial charge in [-0.1, -0.05) is 60.7 Å². The Morgan fingerprint density at radius 1 is 1.09 bits per heavy atom. The van der Waals surface area contributed by atoms with Crippen LogP contribution in [-0.4, -0.2) is 27.1 Å². The van der Waals surface area contributed by atoms with Gasteiger partial charge in [-0.15, -0.1) is 0 Å². The van der Waals surface area contributed by atoms with Gasteiger partial charge in [0.1, 0.15) is 11.4 Å². The summed E-state index contributed by atoms with van der Waals surface area (Å²) in [4.78, 5) is 25.8. The van der Waals surface area contributed by atoms with Crippen LogP contribution in [0.2, 0.25) is 0 Å². The number of anilines is 1. The predicted octanol–water partition coefficient (Wildman–Crippen LogP) is 4.39. The summed E-state index contributed by atoms with van der Waals surface area (Å²) in [7, 11) is 0. The number of amides is 2. The first-order valence-corrected chi connectivity index (χ1v) is 11.7. The van der Waals surface area contributed by atoms with Gasteiger partial charge in [0.05, 0.1) is 17.8 Å². The average molecular weight is 460 g/mol. The number of aromatic nitrogens is 2. The second-order valence-electron chi connectivity index (χ2n) is 10.2. The van der Waals surface area contributed by atoms with Crippen molar-refractivity contribution in [2.75, 3.05) is 5.32 Å². The minimum absolute atomic E-state index is 0.0729. The maximum atomic E-state index is 13.3. The molecule has 2 heterocycles. The molecule has 1 aliphatic heterocycles. The van der Waals surface area contributed by atoms with Crippen molar-refractivity contribution in [3.05, 3.63) is 83.6 Å². The van der Waals surface area contributed by atoms with Crippen LogP contribution in [0.5, 0.6) is 0 Å². The van der Waals surface area contributed by atoms with Crippen LogP contribution in [0.15, 0.2) is 66.9 Å². The summed E-state index contributed by atoms with van der Waals surface area (Å²) in [5, 5.41) is 14.0. The Kier molecular flexibility index (Phi) is 6.46. The molecular weight excluding hydrogens is 426 g/mol. The molecule has 0 bridgehead atoms. The molecule has 3 aromatic rings. The van der Waals surface area contributed by atoms with Crippen molar-refractivity contribution in [3.63, 3.8) is 0 Å². The number of benzene rings is 2. The molecule has 1 aliphatic rings. The summed E-state index contributed by atoms with van der Waals surface area (Å²) >= 11 is 0. The van der Waals surface area contributed by atoms with E-state index in [2.05, 4.69) is 47.0 Å². The summed E-state index contributed by atoms with van der Waals surface area (Å²) < 4.78 is 1.89. The molecule has 0 aliphatic carbocycles. The molecule has 2 amide bonds. The Morgan fingerprint density at radius 3 is 2.41 bits per heavy atom. The van der Waals surface area contributed by atoms with Gasteiger partial charge >= 0.3 is 0 Å². The quantitative estimate of drug-likeness (QED) is 0.489. The number of rotatable bonds is 7. The summed E-state index contributed by atoms with van der Waals surface area (Å²) in [5.74, 6) is 0.334. The van der Waals surface area contributed by atoms with E-state index in [4.69, 9.17) is 0 Å². The van der Waals surface area contributed by atoms with Gasteiger partial charge in [-0.25, -0.2) is 4.68 Å². The first-order valence-electron chi connectivity index (χ1n) is 11.7. The van der Waals surface area contributed by atoms with Gasteiger partial charge in [-0.05, 0) is 45.2 Å². The third-order valence-electron chi connectivity index (χ3n) is 6.19. The monoisotopic (exact) mass is 459 g/mol. The van der Waals surface area contributed by atoms with E-state index in [1.54, 1.807) is 6.20 Å². The number of hydrogen-bond acceptors (Lipinski definition) is 4. The maximum absolute atomic E-state index is 13.3. The SMILES string of the molecule is CC(C)(CC(=O)NCc1ccccc1)NC(=O)c1cnn2c1NC(c1ccccc1)CC2(C)C. The van der Waals surface area contributed by atoms with Crippen LogP contribution >= 0.6 is 0 Å². The zero-order chi connectivity index (χ0) is 24.3. The van der Waals surface area contributed by atoms with Gasteiger partial charge in [-0.3, -0.25) is 9.59 Å². The van der Waals surface area contributed by atoms with Crippen LogP contribution in [-0.2, 0) is 16.9 Å². The molecule has 178 valence electrons. The number of hydrogen-bond donors (Lipinski definition) is 3. The molecular formula is C27H33N5O2. The van der Waals surface area contributed by atoms with E-state index in [0.717, 1.165) is 12.0 Å². The predicted molar refractivity (Wildman–Crippen MR) is 133 cm³/mol. The van der Waals surface area contributed by atoms with Gasteiger partial charge in [0.15, 0.2) is 0 Å². The Balaban J connectivity index is 1.44. The molecule has 0 radical (unpaired) electrons. The van der Waals surface area contributed by atoms with Crippen molar-refractivity contribution in [1.29, 1.82) is 0 Å². The molecule has 1 aromatic heterocycles. The van der Waals surface area contributed by atoms with Crippen LogP contribution in [0.3, 0.4) is 0 Å². The topological polar surface area (TPSA) is 88.1 Å². The van der Waals surface area contributed by atoms with Gasteiger partial charge < -0.3 is 16.0 Å². The van der Waals surface area contributed by atoms with Gasteiger partial charge in [0, 0.05) is 18.5 Å². The van der Waals surface area contributed by atoms with Gasteiger partial charge in [0.25, 0.3) is 5.91 Å². The second kappa shape index (κ2) is 9.33. The lowest BCUT2D eigenvalue weighted by Crippen LogP contribution is -2.47. The summed E-state index contributed by atoms with van der Waals surface area (Å²) in [6, 6.07) is 20.1. The molecule has 0 saturated carbocycles. The molecule has 3 N–H and O–H groups in total. The highest BCUT2D eigenvalue weighted by atomic mass is 16.2. The number of carbonyl (C=O) groups is 2. The zero-order valence-electron chi connectivity index (χ0n) is 20.3. The molecule has 1 unspecified atom stereocenters. The lowest BCUT2D eigenvalue weighted by molar-refractivity contribution is -0.122. The van der Waals surface area contributed by atoms with Crippen molar-refractivity contribution < 1.29 is 9.59 Å². The molecule has 0 spiro atoms. The lowest BCUT2D eigenvalue weighted by atomic mass is 9.89. The zero-order valence-corrected chi connectivity index (χ0v) is 20.3. The van der Waals surface area contributed by atoms with Crippen LogP contribution in [0, 0.1) is 0 Å². The molecule has 2 aromatic carbocycles. The van der Waals surface area contributed by atoms with E-state index in [1.165, 1.54) is 5.56 Å². The average Bonchev–Trinajstić information content (AvgIpc) is 3.23. The van der Waals surface area contributed by atoms with Gasteiger partial charge in [0.2, 0.25) is 5.91 Å². The van der Waals surface area contributed by atoms with Gasteiger partial charge in [-0.2, -0.15) is 5.10 Å². The molecule has 4 rings (SSSR count). The van der Waals surface area contributed by atoms with E-state index in [1.807, 2.05) is 67.1 Å². The summed E-state index contributed by atoms with van der Waals surface area (Å²) in [5.41, 5.74) is 1.70. The van der Waals surface area contributed by atoms with E-state index >= 15 is 0 Å². The van der Waals surface area contributed by atoms with Crippen molar-refractivity contribution in [1.82, 2.24) is 20.4 Å². The Bertz CT molecular complexity index is 1150. The van der Waals surface area contributed by atoms with Crippen molar-refractivity contribution in [2.24, 2.45) is 0 Å². The highest BCUT2D eigenvalue weighted by molar-refractivity contribution is 5.99. The largest absolute Gasteiger partial charge is 0.363 e. The minimum atomic E-state index is -0.726.